The molecule has 8 nitrogen and oxygen atoms in total. The van der Waals surface area contributed by atoms with E-state index < -0.39 is 40.9 Å². The highest BCUT2D eigenvalue weighted by atomic mass is 16.5. The molecule has 0 saturated heterocycles. The van der Waals surface area contributed by atoms with Crippen LogP contribution < -0.4 is 9.47 Å². The molecule has 1 aliphatic carbocycles. The molecular weight excluding hydrogens is 632 g/mol. The van der Waals surface area contributed by atoms with E-state index in [2.05, 4.69) is 26.0 Å². The summed E-state index contributed by atoms with van der Waals surface area (Å²) in [4.78, 5) is 39.7. The van der Waals surface area contributed by atoms with Gasteiger partial charge in [0.15, 0.2) is 11.6 Å². The van der Waals surface area contributed by atoms with Crippen LogP contribution in [0, 0.1) is 17.8 Å². The second kappa shape index (κ2) is 16.4. The molecule has 0 aromatic heterocycles. The lowest BCUT2D eigenvalue weighted by molar-refractivity contribution is -0.140. The lowest BCUT2D eigenvalue weighted by Gasteiger charge is -2.39. The minimum absolute atomic E-state index is 0.00706. The van der Waals surface area contributed by atoms with Crippen molar-refractivity contribution in [1.82, 2.24) is 0 Å². The number of carbonyl (C=O) groups excluding carboxylic acids is 2. The van der Waals surface area contributed by atoms with Crippen LogP contribution in [-0.4, -0.2) is 50.2 Å². The summed E-state index contributed by atoms with van der Waals surface area (Å²) in [6.45, 7) is 21.0. The van der Waals surface area contributed by atoms with Gasteiger partial charge in [0.2, 0.25) is 0 Å². The number of hydrogen-bond donors (Lipinski definition) is 3. The van der Waals surface area contributed by atoms with Crippen molar-refractivity contribution >= 4 is 23.6 Å². The van der Waals surface area contributed by atoms with Gasteiger partial charge in [-0.2, -0.15) is 0 Å². The number of aromatic hydroxyl groups is 1. The van der Waals surface area contributed by atoms with Crippen LogP contribution in [0.25, 0.3) is 6.08 Å². The van der Waals surface area contributed by atoms with Crippen LogP contribution >= 0.6 is 0 Å². The molecule has 274 valence electrons. The summed E-state index contributed by atoms with van der Waals surface area (Å²) in [7, 11) is 0. The van der Waals surface area contributed by atoms with Crippen LogP contribution in [-0.2, 0) is 16.0 Å². The predicted molar refractivity (Wildman–Crippen MR) is 199 cm³/mol. The lowest BCUT2D eigenvalue weighted by Crippen LogP contribution is -2.44. The van der Waals surface area contributed by atoms with Crippen LogP contribution in [0.15, 0.2) is 52.7 Å². The SMILES string of the molecule is CC.CC(C)=CCCC1(C)C=Cc2c(O)c3c(c(CC=C(C)C)c2O1)OC1C(C(C)C)=CCC(C(=O)C(C)(O)C/C=C(/C)C(=O)O)CC1C3=O. The largest absolute Gasteiger partial charge is 0.506 e. The normalized spacial score (nSPS) is 23.6. The molecule has 2 heterocycles. The molecule has 3 N–H and O–H groups in total. The van der Waals surface area contributed by atoms with Gasteiger partial charge in [0.05, 0.1) is 11.5 Å². The van der Waals surface area contributed by atoms with Crippen molar-refractivity contribution in [3.8, 4) is 17.2 Å². The van der Waals surface area contributed by atoms with E-state index >= 15 is 0 Å². The molecule has 2 aliphatic heterocycles. The number of phenols is 1. The van der Waals surface area contributed by atoms with Crippen LogP contribution in [0.4, 0.5) is 0 Å². The van der Waals surface area contributed by atoms with Gasteiger partial charge in [-0.1, -0.05) is 63.1 Å². The number of fused-ring (bicyclic) bond motifs is 3. The van der Waals surface area contributed by atoms with Crippen molar-refractivity contribution in [2.45, 2.75) is 132 Å². The second-order valence-electron chi connectivity index (χ2n) is 14.9. The molecule has 5 unspecified atom stereocenters. The summed E-state index contributed by atoms with van der Waals surface area (Å²) >= 11 is 0. The molecule has 5 atom stereocenters. The number of carbonyl (C=O) groups is 3. The minimum atomic E-state index is -1.83. The molecule has 50 heavy (non-hydrogen) atoms. The first kappa shape index (κ1) is 40.5. The van der Waals surface area contributed by atoms with E-state index in [0.717, 1.165) is 24.0 Å². The van der Waals surface area contributed by atoms with E-state index in [9.17, 15) is 29.7 Å². The Morgan fingerprint density at radius 2 is 1.70 bits per heavy atom. The molecular formula is C42H58O8. The Balaban J connectivity index is 0.00000332. The van der Waals surface area contributed by atoms with Crippen molar-refractivity contribution in [2.24, 2.45) is 17.8 Å². The summed E-state index contributed by atoms with van der Waals surface area (Å²) in [6, 6.07) is 0. The maximum atomic E-state index is 14.6. The number of benzene rings is 1. The first-order chi connectivity index (χ1) is 23.4. The van der Waals surface area contributed by atoms with Gasteiger partial charge in [-0.25, -0.2) is 4.79 Å². The molecule has 3 aliphatic rings. The Morgan fingerprint density at radius 1 is 1.06 bits per heavy atom. The number of ether oxygens (including phenoxy) is 2. The zero-order valence-electron chi connectivity index (χ0n) is 31.9. The van der Waals surface area contributed by atoms with E-state index in [1.807, 2.05) is 66.7 Å². The summed E-state index contributed by atoms with van der Waals surface area (Å²) in [5, 5.41) is 32.2. The van der Waals surface area contributed by atoms with Crippen molar-refractivity contribution in [3.05, 3.63) is 69.4 Å². The summed E-state index contributed by atoms with van der Waals surface area (Å²) in [5.41, 5.74) is 2.00. The minimum Gasteiger partial charge on any atom is -0.506 e. The van der Waals surface area contributed by atoms with Crippen LogP contribution in [0.2, 0.25) is 0 Å². The fourth-order valence-electron chi connectivity index (χ4n) is 6.81. The number of phenolic OH excluding ortho intramolecular Hbond substituents is 1. The topological polar surface area (TPSA) is 130 Å². The molecule has 1 aromatic rings. The van der Waals surface area contributed by atoms with Crippen molar-refractivity contribution in [1.29, 1.82) is 0 Å². The van der Waals surface area contributed by atoms with E-state index in [1.165, 1.54) is 25.5 Å². The molecule has 0 amide bonds. The molecule has 4 rings (SSSR count). The van der Waals surface area contributed by atoms with Gasteiger partial charge in [-0.05, 0) is 104 Å². The number of hydrogen-bond acceptors (Lipinski definition) is 7. The summed E-state index contributed by atoms with van der Waals surface area (Å²) in [6.07, 6.45) is 12.9. The molecule has 1 aromatic carbocycles. The third-order valence-corrected chi connectivity index (χ3v) is 9.77. The zero-order valence-corrected chi connectivity index (χ0v) is 31.9. The van der Waals surface area contributed by atoms with Crippen molar-refractivity contribution < 1.29 is 39.2 Å². The third-order valence-electron chi connectivity index (χ3n) is 9.77. The Morgan fingerprint density at radius 3 is 2.28 bits per heavy atom. The fourth-order valence-corrected chi connectivity index (χ4v) is 6.81. The second-order valence-corrected chi connectivity index (χ2v) is 14.9. The van der Waals surface area contributed by atoms with Crippen LogP contribution in [0.3, 0.4) is 0 Å². The Labute approximate surface area is 298 Å². The Hall–Kier alpha value is -3.91. The first-order valence-corrected chi connectivity index (χ1v) is 18.0. The van der Waals surface area contributed by atoms with Gasteiger partial charge < -0.3 is 24.8 Å². The first-order valence-electron chi connectivity index (χ1n) is 18.0. The predicted octanol–water partition coefficient (Wildman–Crippen LogP) is 9.13. The third kappa shape index (κ3) is 8.87. The fraction of sp³-hybridized carbons (Fsp3) is 0.548. The lowest BCUT2D eigenvalue weighted by atomic mass is 9.75. The van der Waals surface area contributed by atoms with Crippen molar-refractivity contribution in [2.75, 3.05) is 0 Å². The molecule has 0 bridgehead atoms. The average Bonchev–Trinajstić information content (AvgIpc) is 3.24. The molecule has 8 heteroatoms. The standard InChI is InChI=1S/C40H52O8.C2H6/c1-22(2)11-10-18-39(8)19-17-28-32(41)31-33(42)30-21-26(37(43)40(9,46)20-16-25(7)38(44)45)13-15-27(24(5)6)34(30)47-36(31)29(35(28)48-39)14-12-23(3)4;1-2/h11-12,15-17,19,24,26,30,34,41,46H,10,13-14,18,20-21H2,1-9H3,(H,44,45);1-2H3/b25-16-;. The smallest absolute Gasteiger partial charge is 0.330 e. The number of allylic oxidation sites excluding steroid dienone is 5. The quantitative estimate of drug-likeness (QED) is 0.155. The number of carboxylic acids is 1. The number of ketones is 2. The van der Waals surface area contributed by atoms with E-state index in [-0.39, 0.29) is 41.4 Å². The monoisotopic (exact) mass is 690 g/mol. The average molecular weight is 691 g/mol. The van der Waals surface area contributed by atoms with Crippen LogP contribution in [0.1, 0.15) is 130 Å². The zero-order chi connectivity index (χ0) is 37.7. The highest BCUT2D eigenvalue weighted by Crippen LogP contribution is 2.53. The number of rotatable bonds is 11. The van der Waals surface area contributed by atoms with Gasteiger partial charge in [0, 0.05) is 23.5 Å². The van der Waals surface area contributed by atoms with Crippen LogP contribution in [0.5, 0.6) is 17.2 Å². The maximum absolute atomic E-state index is 14.6. The van der Waals surface area contributed by atoms with Gasteiger partial charge in [0.25, 0.3) is 0 Å². The van der Waals surface area contributed by atoms with E-state index in [1.54, 1.807) is 0 Å². The van der Waals surface area contributed by atoms with E-state index in [4.69, 9.17) is 9.47 Å². The molecule has 0 spiro atoms. The van der Waals surface area contributed by atoms with E-state index in [0.29, 0.717) is 35.5 Å². The maximum Gasteiger partial charge on any atom is 0.330 e. The van der Waals surface area contributed by atoms with Gasteiger partial charge in [0.1, 0.15) is 40.1 Å². The molecule has 0 fully saturated rings. The number of Topliss-reactive ketones (excluding diaryl/α,β-unsaturated/α-hetero) is 2. The Bertz CT molecular complexity index is 1620. The molecule has 0 radical (unpaired) electrons. The van der Waals surface area contributed by atoms with Gasteiger partial charge in [-0.3, -0.25) is 9.59 Å². The van der Waals surface area contributed by atoms with Gasteiger partial charge >= 0.3 is 5.97 Å². The number of carboxylic acid groups (broad SMARTS) is 1. The number of aliphatic carboxylic acids is 1. The summed E-state index contributed by atoms with van der Waals surface area (Å²) in [5.74, 6) is -2.77. The van der Waals surface area contributed by atoms with Gasteiger partial charge in [-0.15, -0.1) is 0 Å². The molecule has 0 saturated carbocycles. The number of aliphatic hydroxyl groups is 1. The highest BCUT2D eigenvalue weighted by molar-refractivity contribution is 6.07. The Kier molecular flexibility index (Phi) is 13.3. The highest BCUT2D eigenvalue weighted by Gasteiger charge is 2.48. The summed E-state index contributed by atoms with van der Waals surface area (Å²) < 4.78 is 13.5. The van der Waals surface area contributed by atoms with Crippen molar-refractivity contribution in [3.63, 3.8) is 0 Å².